The van der Waals surface area contributed by atoms with Crippen LogP contribution < -0.4 is 5.32 Å². The molecule has 0 aliphatic heterocycles. The monoisotopic (exact) mass is 192 g/mol. The Morgan fingerprint density at radius 2 is 2.29 bits per heavy atom. The normalized spacial score (nSPS) is 14.7. The van der Waals surface area contributed by atoms with Crippen molar-refractivity contribution >= 4 is 0 Å². The molecule has 76 valence electrons. The van der Waals surface area contributed by atoms with Crippen LogP contribution in [0.25, 0.3) is 0 Å². The summed E-state index contributed by atoms with van der Waals surface area (Å²) < 4.78 is 5.51. The van der Waals surface area contributed by atoms with Crippen LogP contribution in [0.15, 0.2) is 16.5 Å². The Morgan fingerprint density at radius 1 is 1.57 bits per heavy atom. The van der Waals surface area contributed by atoms with E-state index in [2.05, 4.69) is 11.4 Å². The number of furan rings is 1. The third-order valence-electron chi connectivity index (χ3n) is 2.39. The quantitative estimate of drug-likeness (QED) is 0.796. The molecule has 0 bridgehead atoms. The highest BCUT2D eigenvalue weighted by molar-refractivity contribution is 5.13. The van der Waals surface area contributed by atoms with Gasteiger partial charge in [-0.1, -0.05) is 6.92 Å². The van der Waals surface area contributed by atoms with Gasteiger partial charge in [0.25, 0.3) is 0 Å². The van der Waals surface area contributed by atoms with Crippen molar-refractivity contribution in [2.75, 3.05) is 7.05 Å². The standard InChI is InChI=1S/C11H16N2O/c1-4-9(7-12)11(13-3)10-6-5-8(2)14-10/h5-6,9,11,13H,4H2,1-3H3. The number of nitrogens with one attached hydrogen (secondary N) is 1. The molecule has 2 unspecified atom stereocenters. The minimum Gasteiger partial charge on any atom is -0.465 e. The fourth-order valence-electron chi connectivity index (χ4n) is 1.56. The number of aryl methyl sites for hydroxylation is 1. The molecule has 0 aliphatic carbocycles. The zero-order valence-electron chi connectivity index (χ0n) is 8.87. The van der Waals surface area contributed by atoms with Crippen molar-refractivity contribution in [3.8, 4) is 6.07 Å². The first kappa shape index (κ1) is 10.8. The summed E-state index contributed by atoms with van der Waals surface area (Å²) in [6, 6.07) is 6.13. The smallest absolute Gasteiger partial charge is 0.122 e. The van der Waals surface area contributed by atoms with Crippen molar-refractivity contribution in [3.63, 3.8) is 0 Å². The number of nitrogens with zero attached hydrogens (tertiary/aromatic N) is 1. The Balaban J connectivity index is 2.87. The van der Waals surface area contributed by atoms with Crippen molar-refractivity contribution in [2.45, 2.75) is 26.3 Å². The minimum atomic E-state index is -0.0365. The third-order valence-corrected chi connectivity index (χ3v) is 2.39. The number of rotatable bonds is 4. The Bertz CT molecular complexity index is 324. The molecule has 1 rings (SSSR count). The van der Waals surface area contributed by atoms with Crippen LogP contribution in [0, 0.1) is 24.2 Å². The van der Waals surface area contributed by atoms with Crippen molar-refractivity contribution in [2.24, 2.45) is 5.92 Å². The second kappa shape index (κ2) is 4.83. The van der Waals surface area contributed by atoms with Gasteiger partial charge in [-0.25, -0.2) is 0 Å². The molecular formula is C11H16N2O. The van der Waals surface area contributed by atoms with E-state index in [1.807, 2.05) is 33.0 Å². The number of hydrogen-bond donors (Lipinski definition) is 1. The third kappa shape index (κ3) is 2.15. The molecule has 1 heterocycles. The van der Waals surface area contributed by atoms with Gasteiger partial charge < -0.3 is 9.73 Å². The Labute approximate surface area is 84.7 Å². The maximum Gasteiger partial charge on any atom is 0.122 e. The summed E-state index contributed by atoms with van der Waals surface area (Å²) in [7, 11) is 1.85. The lowest BCUT2D eigenvalue weighted by atomic mass is 9.97. The van der Waals surface area contributed by atoms with Crippen LogP contribution in [0.5, 0.6) is 0 Å². The van der Waals surface area contributed by atoms with E-state index in [4.69, 9.17) is 9.68 Å². The highest BCUT2D eigenvalue weighted by Crippen LogP contribution is 2.25. The van der Waals surface area contributed by atoms with Crippen LogP contribution in [0.3, 0.4) is 0 Å². The lowest BCUT2D eigenvalue weighted by Crippen LogP contribution is -2.23. The first-order chi connectivity index (χ1) is 6.72. The molecule has 3 heteroatoms. The molecule has 1 aromatic heterocycles. The maximum absolute atomic E-state index is 8.96. The average molecular weight is 192 g/mol. The second-order valence-electron chi connectivity index (χ2n) is 3.36. The summed E-state index contributed by atoms with van der Waals surface area (Å²) in [6.45, 7) is 3.91. The summed E-state index contributed by atoms with van der Waals surface area (Å²) in [4.78, 5) is 0. The molecule has 14 heavy (non-hydrogen) atoms. The summed E-state index contributed by atoms with van der Waals surface area (Å²) in [6.07, 6.45) is 0.821. The Morgan fingerprint density at radius 3 is 2.64 bits per heavy atom. The van der Waals surface area contributed by atoms with Gasteiger partial charge in [0.1, 0.15) is 11.5 Å². The number of nitriles is 1. The van der Waals surface area contributed by atoms with E-state index in [0.29, 0.717) is 0 Å². The van der Waals surface area contributed by atoms with Gasteiger partial charge >= 0.3 is 0 Å². The summed E-state index contributed by atoms with van der Waals surface area (Å²) in [5.41, 5.74) is 0. The van der Waals surface area contributed by atoms with Crippen molar-refractivity contribution < 1.29 is 4.42 Å². The van der Waals surface area contributed by atoms with E-state index in [9.17, 15) is 0 Å². The van der Waals surface area contributed by atoms with Crippen molar-refractivity contribution in [1.29, 1.82) is 5.26 Å². The van der Waals surface area contributed by atoms with Gasteiger partial charge in [0.15, 0.2) is 0 Å². The maximum atomic E-state index is 8.96. The molecule has 3 nitrogen and oxygen atoms in total. The van der Waals surface area contributed by atoms with Gasteiger partial charge in [0.05, 0.1) is 18.0 Å². The van der Waals surface area contributed by atoms with Crippen LogP contribution in [0.4, 0.5) is 0 Å². The molecule has 0 spiro atoms. The molecule has 0 saturated carbocycles. The average Bonchev–Trinajstić information content (AvgIpc) is 2.60. The van der Waals surface area contributed by atoms with Gasteiger partial charge in [-0.15, -0.1) is 0 Å². The largest absolute Gasteiger partial charge is 0.465 e. The topological polar surface area (TPSA) is 49.0 Å². The first-order valence-electron chi connectivity index (χ1n) is 4.86. The molecular weight excluding hydrogens is 176 g/mol. The predicted octanol–water partition coefficient (Wildman–Crippen LogP) is 2.40. The van der Waals surface area contributed by atoms with E-state index in [1.165, 1.54) is 0 Å². The number of hydrogen-bond acceptors (Lipinski definition) is 3. The summed E-state index contributed by atoms with van der Waals surface area (Å²) in [5, 5.41) is 12.1. The van der Waals surface area contributed by atoms with Gasteiger partial charge in [-0.3, -0.25) is 0 Å². The van der Waals surface area contributed by atoms with E-state index < -0.39 is 0 Å². The van der Waals surface area contributed by atoms with Crippen LogP contribution in [0.2, 0.25) is 0 Å². The van der Waals surface area contributed by atoms with E-state index in [-0.39, 0.29) is 12.0 Å². The molecule has 0 saturated heterocycles. The van der Waals surface area contributed by atoms with Crippen LogP contribution in [-0.2, 0) is 0 Å². The highest BCUT2D eigenvalue weighted by Gasteiger charge is 2.22. The van der Waals surface area contributed by atoms with Gasteiger partial charge in [0.2, 0.25) is 0 Å². The molecule has 0 radical (unpaired) electrons. The fourth-order valence-corrected chi connectivity index (χ4v) is 1.56. The zero-order chi connectivity index (χ0) is 10.6. The molecule has 0 amide bonds. The lowest BCUT2D eigenvalue weighted by Gasteiger charge is -2.17. The lowest BCUT2D eigenvalue weighted by molar-refractivity contribution is 0.357. The second-order valence-corrected chi connectivity index (χ2v) is 3.36. The van der Waals surface area contributed by atoms with E-state index in [1.54, 1.807) is 0 Å². The van der Waals surface area contributed by atoms with Gasteiger partial charge in [0, 0.05) is 0 Å². The summed E-state index contributed by atoms with van der Waals surface area (Å²) in [5.74, 6) is 1.69. The SMILES string of the molecule is CCC(C#N)C(NC)c1ccc(C)o1. The molecule has 0 fully saturated rings. The Kier molecular flexibility index (Phi) is 3.73. The van der Waals surface area contributed by atoms with Crippen molar-refractivity contribution in [3.05, 3.63) is 23.7 Å². The molecule has 2 atom stereocenters. The molecule has 0 aliphatic rings. The molecule has 1 N–H and O–H groups in total. The zero-order valence-corrected chi connectivity index (χ0v) is 8.87. The van der Waals surface area contributed by atoms with E-state index in [0.717, 1.165) is 17.9 Å². The molecule has 1 aromatic rings. The predicted molar refractivity (Wildman–Crippen MR) is 54.6 cm³/mol. The molecule has 0 aromatic carbocycles. The van der Waals surface area contributed by atoms with E-state index >= 15 is 0 Å². The van der Waals surface area contributed by atoms with Crippen LogP contribution in [0.1, 0.15) is 30.9 Å². The fraction of sp³-hybridized carbons (Fsp3) is 0.545. The summed E-state index contributed by atoms with van der Waals surface area (Å²) >= 11 is 0. The van der Waals surface area contributed by atoms with Gasteiger partial charge in [-0.2, -0.15) is 5.26 Å². The highest BCUT2D eigenvalue weighted by atomic mass is 16.3. The van der Waals surface area contributed by atoms with Gasteiger partial charge in [-0.05, 0) is 32.5 Å². The van der Waals surface area contributed by atoms with Crippen LogP contribution in [-0.4, -0.2) is 7.05 Å². The van der Waals surface area contributed by atoms with Crippen LogP contribution >= 0.6 is 0 Å². The minimum absolute atomic E-state index is 0.00120. The first-order valence-corrected chi connectivity index (χ1v) is 4.86. The Hall–Kier alpha value is -1.27. The van der Waals surface area contributed by atoms with Crippen molar-refractivity contribution in [1.82, 2.24) is 5.32 Å².